The normalized spacial score (nSPS) is 19.6. The summed E-state index contributed by atoms with van der Waals surface area (Å²) in [5.41, 5.74) is 0.0604. The van der Waals surface area contributed by atoms with Crippen molar-refractivity contribution < 1.29 is 9.53 Å². The van der Waals surface area contributed by atoms with Crippen molar-refractivity contribution in [2.24, 2.45) is 0 Å². The van der Waals surface area contributed by atoms with E-state index in [1.165, 1.54) is 19.3 Å². The van der Waals surface area contributed by atoms with Gasteiger partial charge in [-0.1, -0.05) is 26.2 Å². The lowest BCUT2D eigenvalue weighted by molar-refractivity contribution is -0.125. The number of ether oxygens (including phenoxy) is 1. The van der Waals surface area contributed by atoms with Crippen molar-refractivity contribution in [3.8, 4) is 0 Å². The molecule has 0 aromatic heterocycles. The van der Waals surface area contributed by atoms with E-state index in [0.717, 1.165) is 19.3 Å². The van der Waals surface area contributed by atoms with Crippen LogP contribution in [0.1, 0.15) is 51.9 Å². The fraction of sp³-hybridized carbons (Fsp3) is 0.923. The Morgan fingerprint density at radius 1 is 1.31 bits per heavy atom. The Morgan fingerprint density at radius 2 is 2.00 bits per heavy atom. The summed E-state index contributed by atoms with van der Waals surface area (Å²) >= 11 is 0. The van der Waals surface area contributed by atoms with Crippen LogP contribution in [0.5, 0.6) is 0 Å². The van der Waals surface area contributed by atoms with Crippen LogP contribution in [0, 0.1) is 0 Å². The molecule has 1 aliphatic carbocycles. The zero-order chi connectivity index (χ0) is 11.9. The van der Waals surface area contributed by atoms with Crippen LogP contribution in [-0.4, -0.2) is 31.6 Å². The maximum atomic E-state index is 11.8. The number of carbonyl (C=O) groups excluding carboxylic acids is 1. The lowest BCUT2D eigenvalue weighted by Crippen LogP contribution is -2.46. The molecule has 0 spiro atoms. The second kappa shape index (κ2) is 7.02. The summed E-state index contributed by atoms with van der Waals surface area (Å²) in [6, 6.07) is 0. The summed E-state index contributed by atoms with van der Waals surface area (Å²) < 4.78 is 5.30. The van der Waals surface area contributed by atoms with Gasteiger partial charge in [-0.15, -0.1) is 0 Å². The third-order valence-electron chi connectivity index (χ3n) is 3.49. The molecule has 3 nitrogen and oxygen atoms in total. The summed E-state index contributed by atoms with van der Waals surface area (Å²) in [6.07, 6.45) is 7.65. The summed E-state index contributed by atoms with van der Waals surface area (Å²) in [5.74, 6) is 0.240. The van der Waals surface area contributed by atoms with Crippen LogP contribution >= 0.6 is 0 Å². The highest BCUT2D eigenvalue weighted by Gasteiger charge is 2.32. The Kier molecular flexibility index (Phi) is 5.99. The maximum absolute atomic E-state index is 11.8. The first-order chi connectivity index (χ1) is 7.72. The van der Waals surface area contributed by atoms with Gasteiger partial charge in [0.05, 0.1) is 0 Å². The van der Waals surface area contributed by atoms with Crippen molar-refractivity contribution in [2.75, 3.05) is 20.3 Å². The third-order valence-corrected chi connectivity index (χ3v) is 3.49. The third kappa shape index (κ3) is 4.22. The van der Waals surface area contributed by atoms with Crippen LogP contribution in [-0.2, 0) is 9.53 Å². The van der Waals surface area contributed by atoms with Crippen LogP contribution in [0.25, 0.3) is 0 Å². The number of ketones is 1. The monoisotopic (exact) mass is 227 g/mol. The van der Waals surface area contributed by atoms with Crippen molar-refractivity contribution in [3.05, 3.63) is 0 Å². The van der Waals surface area contributed by atoms with E-state index in [0.29, 0.717) is 13.0 Å². The second-order valence-electron chi connectivity index (χ2n) is 4.86. The zero-order valence-corrected chi connectivity index (χ0v) is 10.7. The molecule has 94 valence electrons. The minimum atomic E-state index is 0.0604. The van der Waals surface area contributed by atoms with Gasteiger partial charge in [0.15, 0.2) is 5.78 Å². The molecule has 0 bridgehead atoms. The van der Waals surface area contributed by atoms with Gasteiger partial charge in [0.2, 0.25) is 0 Å². The average Bonchev–Trinajstić information content (AvgIpc) is 2.30. The van der Waals surface area contributed by atoms with E-state index in [1.54, 1.807) is 0 Å². The van der Waals surface area contributed by atoms with Gasteiger partial charge in [0.25, 0.3) is 0 Å². The summed E-state index contributed by atoms with van der Waals surface area (Å²) in [7, 11) is 1.98. The lowest BCUT2D eigenvalue weighted by atomic mass is 9.78. The molecular formula is C13H25NO2. The maximum Gasteiger partial charge on any atom is 0.160 e. The first kappa shape index (κ1) is 13.7. The Bertz CT molecular complexity index is 210. The van der Waals surface area contributed by atoms with Crippen LogP contribution in [0.15, 0.2) is 0 Å². The van der Waals surface area contributed by atoms with Gasteiger partial charge >= 0.3 is 0 Å². The predicted octanol–water partition coefficient (Wildman–Crippen LogP) is 2.29. The molecule has 0 aliphatic heterocycles. The molecule has 0 aromatic carbocycles. The highest BCUT2D eigenvalue weighted by Crippen LogP contribution is 2.30. The van der Waals surface area contributed by atoms with Crippen LogP contribution in [0.4, 0.5) is 0 Å². The molecule has 3 heteroatoms. The van der Waals surface area contributed by atoms with E-state index < -0.39 is 0 Å². The van der Waals surface area contributed by atoms with Crippen molar-refractivity contribution in [3.63, 3.8) is 0 Å². The molecule has 1 rings (SSSR count). The molecule has 0 radical (unpaired) electrons. The highest BCUT2D eigenvalue weighted by molar-refractivity contribution is 5.80. The van der Waals surface area contributed by atoms with Gasteiger partial charge in [-0.3, -0.25) is 4.79 Å². The van der Waals surface area contributed by atoms with Gasteiger partial charge in [0.1, 0.15) is 6.61 Å². The molecule has 0 heterocycles. The SMILES string of the molecule is CCCOCC(=O)CC1(NC)CCCCC1. The number of Topliss-reactive ketones (excluding diaryl/α,β-unsaturated/α-hetero) is 1. The van der Waals surface area contributed by atoms with E-state index in [-0.39, 0.29) is 17.9 Å². The molecule has 1 aliphatic rings. The Hall–Kier alpha value is -0.410. The highest BCUT2D eigenvalue weighted by atomic mass is 16.5. The Balaban J connectivity index is 2.33. The zero-order valence-electron chi connectivity index (χ0n) is 10.7. The van der Waals surface area contributed by atoms with Crippen molar-refractivity contribution in [2.45, 2.75) is 57.4 Å². The number of carbonyl (C=O) groups is 1. The molecule has 1 N–H and O–H groups in total. The molecule has 0 unspecified atom stereocenters. The van der Waals surface area contributed by atoms with Gasteiger partial charge in [-0.05, 0) is 26.3 Å². The first-order valence-corrected chi connectivity index (χ1v) is 6.51. The average molecular weight is 227 g/mol. The lowest BCUT2D eigenvalue weighted by Gasteiger charge is -2.36. The Morgan fingerprint density at radius 3 is 2.56 bits per heavy atom. The number of rotatable bonds is 7. The van der Waals surface area contributed by atoms with Crippen LogP contribution in [0.2, 0.25) is 0 Å². The van der Waals surface area contributed by atoms with E-state index >= 15 is 0 Å². The quantitative estimate of drug-likeness (QED) is 0.678. The molecule has 1 saturated carbocycles. The van der Waals surface area contributed by atoms with E-state index in [4.69, 9.17) is 4.74 Å². The van der Waals surface area contributed by atoms with Gasteiger partial charge in [-0.25, -0.2) is 0 Å². The van der Waals surface area contributed by atoms with Crippen LogP contribution < -0.4 is 5.32 Å². The molecule has 0 atom stereocenters. The number of hydrogen-bond acceptors (Lipinski definition) is 3. The predicted molar refractivity (Wildman–Crippen MR) is 65.6 cm³/mol. The molecule has 0 amide bonds. The smallest absolute Gasteiger partial charge is 0.160 e. The number of nitrogens with one attached hydrogen (secondary N) is 1. The topological polar surface area (TPSA) is 38.3 Å². The summed E-state index contributed by atoms with van der Waals surface area (Å²) in [6.45, 7) is 3.04. The standard InChI is InChI=1S/C13H25NO2/c1-3-9-16-11-12(15)10-13(14-2)7-5-4-6-8-13/h14H,3-11H2,1-2H3. The van der Waals surface area contributed by atoms with Crippen LogP contribution in [0.3, 0.4) is 0 Å². The molecule has 16 heavy (non-hydrogen) atoms. The van der Waals surface area contributed by atoms with E-state index in [2.05, 4.69) is 12.2 Å². The minimum absolute atomic E-state index is 0.0604. The van der Waals surface area contributed by atoms with Gasteiger partial charge < -0.3 is 10.1 Å². The Labute approximate surface area is 98.9 Å². The van der Waals surface area contributed by atoms with Crippen molar-refractivity contribution in [1.29, 1.82) is 0 Å². The van der Waals surface area contributed by atoms with Crippen molar-refractivity contribution in [1.82, 2.24) is 5.32 Å². The second-order valence-corrected chi connectivity index (χ2v) is 4.86. The fourth-order valence-electron chi connectivity index (χ4n) is 2.50. The molecule has 0 saturated heterocycles. The molecule has 1 fully saturated rings. The van der Waals surface area contributed by atoms with E-state index in [9.17, 15) is 4.79 Å². The summed E-state index contributed by atoms with van der Waals surface area (Å²) in [5, 5.41) is 3.36. The number of hydrogen-bond donors (Lipinski definition) is 1. The summed E-state index contributed by atoms with van der Waals surface area (Å²) in [4.78, 5) is 11.8. The van der Waals surface area contributed by atoms with Crippen molar-refractivity contribution >= 4 is 5.78 Å². The molecular weight excluding hydrogens is 202 g/mol. The van der Waals surface area contributed by atoms with E-state index in [1.807, 2.05) is 7.05 Å². The fourth-order valence-corrected chi connectivity index (χ4v) is 2.50. The first-order valence-electron chi connectivity index (χ1n) is 6.51. The molecule has 0 aromatic rings. The minimum Gasteiger partial charge on any atom is -0.374 e. The van der Waals surface area contributed by atoms with Gasteiger partial charge in [-0.2, -0.15) is 0 Å². The van der Waals surface area contributed by atoms with Gasteiger partial charge in [0, 0.05) is 18.6 Å². The largest absolute Gasteiger partial charge is 0.374 e.